The van der Waals surface area contributed by atoms with Gasteiger partial charge in [0.2, 0.25) is 0 Å². The molecule has 0 heterocycles. The Hall–Kier alpha value is -1.88. The Morgan fingerprint density at radius 2 is 2.06 bits per heavy atom. The predicted octanol–water partition coefficient (Wildman–Crippen LogP) is 0.945. The minimum Gasteiger partial charge on any atom is -0.496 e. The first-order valence-electron chi connectivity index (χ1n) is 5.03. The van der Waals surface area contributed by atoms with Crippen molar-refractivity contribution in [1.82, 2.24) is 0 Å². The predicted molar refractivity (Wildman–Crippen MR) is 60.0 cm³/mol. The Labute approximate surface area is 98.6 Å². The number of ether oxygens (including phenoxy) is 1. The number of aliphatic hydroxyl groups excluding tert-OH is 1. The zero-order valence-corrected chi connectivity index (χ0v) is 9.64. The van der Waals surface area contributed by atoms with Gasteiger partial charge in [0, 0.05) is 12.0 Å². The molecule has 0 amide bonds. The Kier molecular flexibility index (Phi) is 4.23. The van der Waals surface area contributed by atoms with Gasteiger partial charge in [-0.1, -0.05) is 12.1 Å². The SMILES string of the molecule is COc1cccc(C(O)C(=O)O)c1CC(C)=O. The molecule has 92 valence electrons. The molecular formula is C12H14O5. The van der Waals surface area contributed by atoms with Crippen LogP contribution < -0.4 is 4.74 Å². The monoisotopic (exact) mass is 238 g/mol. The van der Waals surface area contributed by atoms with Crippen molar-refractivity contribution >= 4 is 11.8 Å². The van der Waals surface area contributed by atoms with Crippen molar-refractivity contribution in [3.63, 3.8) is 0 Å². The number of Topliss-reactive ketones (excluding diaryl/α,β-unsaturated/α-hetero) is 1. The highest BCUT2D eigenvalue weighted by atomic mass is 16.5. The van der Waals surface area contributed by atoms with E-state index in [1.54, 1.807) is 12.1 Å². The third-order valence-electron chi connectivity index (χ3n) is 2.34. The summed E-state index contributed by atoms with van der Waals surface area (Å²) in [4.78, 5) is 21.9. The fourth-order valence-corrected chi connectivity index (χ4v) is 1.60. The molecule has 0 radical (unpaired) electrons. The molecule has 5 nitrogen and oxygen atoms in total. The molecule has 1 aromatic rings. The van der Waals surface area contributed by atoms with Gasteiger partial charge in [-0.25, -0.2) is 4.79 Å². The van der Waals surface area contributed by atoms with Crippen LogP contribution in [0.4, 0.5) is 0 Å². The van der Waals surface area contributed by atoms with Crippen molar-refractivity contribution in [3.05, 3.63) is 29.3 Å². The smallest absolute Gasteiger partial charge is 0.337 e. The molecule has 1 unspecified atom stereocenters. The zero-order valence-electron chi connectivity index (χ0n) is 9.64. The van der Waals surface area contributed by atoms with Crippen LogP contribution in [0.15, 0.2) is 18.2 Å². The van der Waals surface area contributed by atoms with E-state index in [9.17, 15) is 14.7 Å². The van der Waals surface area contributed by atoms with E-state index in [2.05, 4.69) is 0 Å². The van der Waals surface area contributed by atoms with Crippen molar-refractivity contribution in [2.75, 3.05) is 7.11 Å². The average Bonchev–Trinajstić information content (AvgIpc) is 2.27. The molecule has 2 N–H and O–H groups in total. The maximum atomic E-state index is 11.1. The van der Waals surface area contributed by atoms with E-state index in [-0.39, 0.29) is 17.8 Å². The minimum absolute atomic E-state index is 0.0314. The van der Waals surface area contributed by atoms with Gasteiger partial charge in [-0.05, 0) is 18.6 Å². The van der Waals surface area contributed by atoms with Gasteiger partial charge >= 0.3 is 5.97 Å². The fourth-order valence-electron chi connectivity index (χ4n) is 1.60. The number of rotatable bonds is 5. The van der Waals surface area contributed by atoms with E-state index in [1.807, 2.05) is 0 Å². The van der Waals surface area contributed by atoms with Crippen LogP contribution in [-0.4, -0.2) is 29.1 Å². The van der Waals surface area contributed by atoms with Crippen molar-refractivity contribution in [3.8, 4) is 5.75 Å². The van der Waals surface area contributed by atoms with E-state index >= 15 is 0 Å². The number of carbonyl (C=O) groups excluding carboxylic acids is 1. The Balaban J connectivity index is 3.28. The Morgan fingerprint density at radius 3 is 2.53 bits per heavy atom. The summed E-state index contributed by atoms with van der Waals surface area (Å²) in [5.74, 6) is -1.09. The number of hydrogen-bond donors (Lipinski definition) is 2. The molecule has 0 saturated carbocycles. The molecular weight excluding hydrogens is 224 g/mol. The highest BCUT2D eigenvalue weighted by Gasteiger charge is 2.22. The zero-order chi connectivity index (χ0) is 13.0. The number of carbonyl (C=O) groups is 2. The quantitative estimate of drug-likeness (QED) is 0.797. The van der Waals surface area contributed by atoms with Gasteiger partial charge in [-0.3, -0.25) is 4.79 Å². The highest BCUT2D eigenvalue weighted by Crippen LogP contribution is 2.27. The number of aliphatic hydroxyl groups is 1. The van der Waals surface area contributed by atoms with Gasteiger partial charge in [-0.2, -0.15) is 0 Å². The molecule has 0 aliphatic heterocycles. The van der Waals surface area contributed by atoms with Crippen molar-refractivity contribution < 1.29 is 24.5 Å². The number of benzene rings is 1. The normalized spacial score (nSPS) is 11.9. The van der Waals surface area contributed by atoms with Crippen molar-refractivity contribution in [2.45, 2.75) is 19.4 Å². The van der Waals surface area contributed by atoms with Crippen LogP contribution in [0.1, 0.15) is 24.2 Å². The molecule has 5 heteroatoms. The van der Waals surface area contributed by atoms with Crippen LogP contribution in [0.2, 0.25) is 0 Å². The van der Waals surface area contributed by atoms with Crippen molar-refractivity contribution in [1.29, 1.82) is 0 Å². The number of aliphatic carboxylic acids is 1. The third kappa shape index (κ3) is 3.04. The third-order valence-corrected chi connectivity index (χ3v) is 2.34. The summed E-state index contributed by atoms with van der Waals surface area (Å²) in [7, 11) is 1.43. The first kappa shape index (κ1) is 13.2. The molecule has 1 aromatic carbocycles. The molecule has 1 rings (SSSR count). The first-order chi connectivity index (χ1) is 7.97. The summed E-state index contributed by atoms with van der Waals surface area (Å²) in [6.45, 7) is 1.39. The molecule has 0 saturated heterocycles. The van der Waals surface area contributed by atoms with Gasteiger partial charge in [0.25, 0.3) is 0 Å². The van der Waals surface area contributed by atoms with Crippen LogP contribution in [0.5, 0.6) is 5.75 Å². The second-order valence-corrected chi connectivity index (χ2v) is 3.65. The number of hydrogen-bond acceptors (Lipinski definition) is 4. The summed E-state index contributed by atoms with van der Waals surface area (Å²) in [5.41, 5.74) is 0.601. The lowest BCUT2D eigenvalue weighted by molar-refractivity contribution is -0.147. The van der Waals surface area contributed by atoms with Gasteiger partial charge in [0.05, 0.1) is 7.11 Å². The molecule has 0 bridgehead atoms. The summed E-state index contributed by atoms with van der Waals surface area (Å²) in [5, 5.41) is 18.3. The lowest BCUT2D eigenvalue weighted by Crippen LogP contribution is -2.14. The van der Waals surface area contributed by atoms with Crippen LogP contribution in [0, 0.1) is 0 Å². The van der Waals surface area contributed by atoms with Gasteiger partial charge < -0.3 is 14.9 Å². The first-order valence-corrected chi connectivity index (χ1v) is 5.03. The van der Waals surface area contributed by atoms with Gasteiger partial charge in [0.15, 0.2) is 6.10 Å². The molecule has 0 aromatic heterocycles. The highest BCUT2D eigenvalue weighted by molar-refractivity contribution is 5.81. The largest absolute Gasteiger partial charge is 0.496 e. The van der Waals surface area contributed by atoms with E-state index in [0.29, 0.717) is 11.3 Å². The molecule has 17 heavy (non-hydrogen) atoms. The lowest BCUT2D eigenvalue weighted by Gasteiger charge is -2.14. The topological polar surface area (TPSA) is 83.8 Å². The van der Waals surface area contributed by atoms with E-state index < -0.39 is 12.1 Å². The molecule has 0 aliphatic carbocycles. The average molecular weight is 238 g/mol. The summed E-state index contributed by atoms with van der Waals surface area (Å²) >= 11 is 0. The molecule has 1 atom stereocenters. The molecule has 0 aliphatic rings. The van der Waals surface area contributed by atoms with E-state index in [1.165, 1.54) is 20.1 Å². The Morgan fingerprint density at radius 1 is 1.41 bits per heavy atom. The van der Waals surface area contributed by atoms with Crippen LogP contribution in [0.25, 0.3) is 0 Å². The van der Waals surface area contributed by atoms with Crippen LogP contribution in [-0.2, 0) is 16.0 Å². The molecule has 0 fully saturated rings. The maximum Gasteiger partial charge on any atom is 0.337 e. The number of ketones is 1. The Bertz CT molecular complexity index is 439. The van der Waals surface area contributed by atoms with E-state index in [4.69, 9.17) is 9.84 Å². The summed E-state index contributed by atoms with van der Waals surface area (Å²) in [6.07, 6.45) is -1.62. The summed E-state index contributed by atoms with van der Waals surface area (Å²) < 4.78 is 5.06. The number of carboxylic acid groups (broad SMARTS) is 1. The van der Waals surface area contributed by atoms with Gasteiger partial charge in [-0.15, -0.1) is 0 Å². The fraction of sp³-hybridized carbons (Fsp3) is 0.333. The second-order valence-electron chi connectivity index (χ2n) is 3.65. The van der Waals surface area contributed by atoms with E-state index in [0.717, 1.165) is 0 Å². The number of carboxylic acids is 1. The number of methoxy groups -OCH3 is 1. The molecule has 0 spiro atoms. The van der Waals surface area contributed by atoms with Crippen LogP contribution in [0.3, 0.4) is 0 Å². The standard InChI is InChI=1S/C12H14O5/c1-7(13)6-9-8(11(14)12(15)16)4-3-5-10(9)17-2/h3-5,11,14H,6H2,1-2H3,(H,15,16). The lowest BCUT2D eigenvalue weighted by atomic mass is 9.97. The van der Waals surface area contributed by atoms with Crippen LogP contribution >= 0.6 is 0 Å². The maximum absolute atomic E-state index is 11.1. The second kappa shape index (κ2) is 5.45. The minimum atomic E-state index is -1.65. The van der Waals surface area contributed by atoms with Crippen molar-refractivity contribution in [2.24, 2.45) is 0 Å². The van der Waals surface area contributed by atoms with Gasteiger partial charge in [0.1, 0.15) is 11.5 Å². The summed E-state index contributed by atoms with van der Waals surface area (Å²) in [6, 6.07) is 4.67.